The van der Waals surface area contributed by atoms with Gasteiger partial charge in [-0.2, -0.15) is 0 Å². The first-order chi connectivity index (χ1) is 16.2. The van der Waals surface area contributed by atoms with Crippen molar-refractivity contribution in [3.8, 4) is 5.75 Å². The van der Waals surface area contributed by atoms with Gasteiger partial charge in [0.15, 0.2) is 16.3 Å². The predicted molar refractivity (Wildman–Crippen MR) is 125 cm³/mol. The number of fused-ring (bicyclic) bond motifs is 1. The lowest BCUT2D eigenvalue weighted by Gasteiger charge is -2.30. The van der Waals surface area contributed by atoms with Crippen molar-refractivity contribution in [1.29, 1.82) is 0 Å². The number of hydrogen-bond donors (Lipinski definition) is 6. The maximum absolute atomic E-state index is 13.1. The first-order valence-electron chi connectivity index (χ1n) is 9.91. The molecule has 0 bridgehead atoms. The molecule has 0 saturated heterocycles. The number of nitrogens with one attached hydrogen (secondary N) is 2. The van der Waals surface area contributed by atoms with Crippen LogP contribution in [-0.4, -0.2) is 50.9 Å². The monoisotopic (exact) mass is 502 g/mol. The molecule has 1 aromatic carbocycles. The third-order valence-electron chi connectivity index (χ3n) is 4.99. The molecule has 2 atom stereocenters. The maximum Gasteiger partial charge on any atom is 0.547 e. The minimum absolute atomic E-state index is 0.0488. The normalized spacial score (nSPS) is 15.7. The summed E-state index contributed by atoms with van der Waals surface area (Å²) in [6, 6.07) is 3.36. The molecule has 8 N–H and O–H groups in total. The minimum Gasteiger partial charge on any atom is -0.534 e. The van der Waals surface area contributed by atoms with E-state index in [2.05, 4.69) is 20.6 Å². The number of carbonyl (C=O) groups excluding carboxylic acids is 2. The lowest BCUT2D eigenvalue weighted by atomic mass is 9.72. The number of hydrogen-bond acceptors (Lipinski definition) is 11. The summed E-state index contributed by atoms with van der Waals surface area (Å²) < 4.78 is 5.41. The zero-order valence-electron chi connectivity index (χ0n) is 17.4. The number of amides is 2. The second-order valence-electron chi connectivity index (χ2n) is 7.39. The highest BCUT2D eigenvalue weighted by Gasteiger charge is 2.39. The van der Waals surface area contributed by atoms with E-state index in [4.69, 9.17) is 16.1 Å². The van der Waals surface area contributed by atoms with Crippen LogP contribution in [0.5, 0.6) is 5.75 Å². The third-order valence-corrected chi connectivity index (χ3v) is 6.41. The van der Waals surface area contributed by atoms with Crippen LogP contribution in [-0.2, 0) is 22.4 Å². The van der Waals surface area contributed by atoms with Gasteiger partial charge in [-0.3, -0.25) is 9.59 Å². The van der Waals surface area contributed by atoms with Crippen molar-refractivity contribution in [3.63, 3.8) is 0 Å². The van der Waals surface area contributed by atoms with E-state index >= 15 is 0 Å². The molecular formula is C19H19BN6O6S2. The Morgan fingerprint density at radius 2 is 1.94 bits per heavy atom. The van der Waals surface area contributed by atoms with Crippen LogP contribution in [0.4, 0.5) is 10.3 Å². The highest BCUT2D eigenvalue weighted by atomic mass is 32.1. The summed E-state index contributed by atoms with van der Waals surface area (Å²) in [4.78, 5) is 45.3. The molecule has 1 unspecified atom stereocenters. The molecule has 1 aliphatic rings. The first kappa shape index (κ1) is 23.5. The molecule has 1 aliphatic heterocycles. The molecule has 0 spiro atoms. The van der Waals surface area contributed by atoms with Crippen LogP contribution >= 0.6 is 22.7 Å². The zero-order valence-corrected chi connectivity index (χ0v) is 19.1. The van der Waals surface area contributed by atoms with Crippen LogP contribution in [0.1, 0.15) is 33.4 Å². The molecule has 12 nitrogen and oxygen atoms in total. The molecule has 0 saturated carbocycles. The Bertz CT molecular complexity index is 1250. The Labute approximate surface area is 201 Å². The van der Waals surface area contributed by atoms with E-state index in [-0.39, 0.29) is 35.0 Å². The lowest BCUT2D eigenvalue weighted by Crippen LogP contribution is -2.55. The van der Waals surface area contributed by atoms with Gasteiger partial charge in [-0.15, -0.1) is 22.7 Å². The molecule has 3 heterocycles. The van der Waals surface area contributed by atoms with Gasteiger partial charge in [0.25, 0.3) is 0 Å². The fraction of sp³-hybridized carbons (Fsp3) is 0.211. The average molecular weight is 502 g/mol. The Hall–Kier alpha value is -3.69. The molecule has 0 fully saturated rings. The molecule has 2 aromatic heterocycles. The maximum atomic E-state index is 13.1. The first-order valence-corrected chi connectivity index (χ1v) is 11.7. The molecule has 176 valence electrons. The number of benzene rings is 1. The van der Waals surface area contributed by atoms with Crippen LogP contribution in [0.2, 0.25) is 0 Å². The Kier molecular flexibility index (Phi) is 6.67. The molecule has 2 amide bonds. The zero-order chi connectivity index (χ0) is 24.4. The number of aromatic nitrogens is 2. The average Bonchev–Trinajstić information content (AvgIpc) is 3.39. The van der Waals surface area contributed by atoms with Crippen molar-refractivity contribution in [2.75, 3.05) is 11.5 Å². The second kappa shape index (κ2) is 9.66. The number of para-hydroxylation sites is 1. The molecule has 3 aromatic rings. The third kappa shape index (κ3) is 5.11. The molecule has 0 radical (unpaired) electrons. The summed E-state index contributed by atoms with van der Waals surface area (Å²) in [7, 11) is -1.51. The van der Waals surface area contributed by atoms with Crippen molar-refractivity contribution in [2.45, 2.75) is 24.8 Å². The van der Waals surface area contributed by atoms with E-state index in [1.54, 1.807) is 22.9 Å². The molecular weight excluding hydrogens is 483 g/mol. The number of rotatable bonds is 7. The predicted octanol–water partition coefficient (Wildman–Crippen LogP) is 0.00180. The van der Waals surface area contributed by atoms with Crippen LogP contribution in [0.3, 0.4) is 0 Å². The Balaban J connectivity index is 1.51. The van der Waals surface area contributed by atoms with E-state index in [1.165, 1.54) is 17.4 Å². The van der Waals surface area contributed by atoms with Gasteiger partial charge in [-0.25, -0.2) is 14.8 Å². The summed E-state index contributed by atoms with van der Waals surface area (Å²) in [5, 5.41) is 28.8. The summed E-state index contributed by atoms with van der Waals surface area (Å²) >= 11 is 2.30. The number of nitrogens with two attached hydrogens (primary N) is 2. The van der Waals surface area contributed by atoms with E-state index in [0.29, 0.717) is 16.4 Å². The fourth-order valence-corrected chi connectivity index (χ4v) is 4.62. The summed E-state index contributed by atoms with van der Waals surface area (Å²) in [5.41, 5.74) is 12.4. The highest BCUT2D eigenvalue weighted by molar-refractivity contribution is 7.13. The standard InChI is InChI=1S/C19H19BN6O6S2/c21-18-23-9(6-33-18)5-13(27)26-14(11-7-34-19(22)24-11)16(28)25-12-4-8-2-1-3-10(17(29)30)15(8)32-20(12)31/h1-3,6-7,12,14,31H,4-5H2,(H2,21,23)(H2,22,24)(H,25,28)(H,26,27)(H,29,30)/t12-,14?/m0/s1. The van der Waals surface area contributed by atoms with Crippen molar-refractivity contribution in [1.82, 2.24) is 20.6 Å². The van der Waals surface area contributed by atoms with Gasteiger partial charge in [-0.1, -0.05) is 12.1 Å². The van der Waals surface area contributed by atoms with Crippen LogP contribution in [0, 0.1) is 0 Å². The minimum atomic E-state index is -1.51. The van der Waals surface area contributed by atoms with E-state index in [9.17, 15) is 24.5 Å². The highest BCUT2D eigenvalue weighted by Crippen LogP contribution is 2.30. The van der Waals surface area contributed by atoms with Gasteiger partial charge in [0, 0.05) is 10.8 Å². The second-order valence-corrected chi connectivity index (χ2v) is 9.17. The van der Waals surface area contributed by atoms with Gasteiger partial charge in [0.05, 0.1) is 29.3 Å². The fourth-order valence-electron chi connectivity index (χ4n) is 3.47. The summed E-state index contributed by atoms with van der Waals surface area (Å²) in [6.07, 6.45) is 0.0128. The van der Waals surface area contributed by atoms with E-state index < -0.39 is 36.9 Å². The van der Waals surface area contributed by atoms with Crippen LogP contribution < -0.4 is 26.8 Å². The number of carboxylic acids is 1. The number of aromatic carboxylic acids is 1. The summed E-state index contributed by atoms with van der Waals surface area (Å²) in [6.45, 7) is 0. The molecule has 34 heavy (non-hydrogen) atoms. The largest absolute Gasteiger partial charge is 0.547 e. The number of nitrogens with zero attached hydrogens (tertiary/aromatic N) is 2. The number of anilines is 2. The Morgan fingerprint density at radius 1 is 1.21 bits per heavy atom. The van der Waals surface area contributed by atoms with Crippen LogP contribution in [0.25, 0.3) is 0 Å². The molecule has 15 heteroatoms. The number of carboxylic acid groups (broad SMARTS) is 1. The topological polar surface area (TPSA) is 203 Å². The van der Waals surface area contributed by atoms with E-state index in [1.807, 2.05) is 0 Å². The smallest absolute Gasteiger partial charge is 0.534 e. The van der Waals surface area contributed by atoms with Gasteiger partial charge in [0.2, 0.25) is 11.8 Å². The quantitative estimate of drug-likeness (QED) is 0.239. The van der Waals surface area contributed by atoms with Crippen molar-refractivity contribution in [2.24, 2.45) is 0 Å². The summed E-state index contributed by atoms with van der Waals surface area (Å²) in [5.74, 6) is -3.20. The van der Waals surface area contributed by atoms with Crippen molar-refractivity contribution >= 4 is 57.8 Å². The van der Waals surface area contributed by atoms with Gasteiger partial charge in [0.1, 0.15) is 5.75 Å². The van der Waals surface area contributed by atoms with Crippen molar-refractivity contribution < 1.29 is 29.2 Å². The Morgan fingerprint density at radius 3 is 2.59 bits per heavy atom. The molecule has 0 aliphatic carbocycles. The SMILES string of the molecule is Nc1nc(CC(=O)NC(C(=O)N[C@H]2Cc3cccc(C(=O)O)c3OB2O)c2csc(N)n2)cs1. The van der Waals surface area contributed by atoms with Gasteiger partial charge >= 0.3 is 13.1 Å². The number of thiazole rings is 2. The van der Waals surface area contributed by atoms with E-state index in [0.717, 1.165) is 11.3 Å². The number of nitrogen functional groups attached to an aromatic ring is 2. The molecule has 4 rings (SSSR count). The van der Waals surface area contributed by atoms with Gasteiger partial charge < -0.3 is 36.9 Å². The van der Waals surface area contributed by atoms with Gasteiger partial charge in [-0.05, 0) is 18.1 Å². The number of carbonyl (C=O) groups is 3. The van der Waals surface area contributed by atoms with Crippen molar-refractivity contribution in [3.05, 3.63) is 51.5 Å². The van der Waals surface area contributed by atoms with Crippen LogP contribution in [0.15, 0.2) is 29.0 Å². The lowest BCUT2D eigenvalue weighted by molar-refractivity contribution is -0.129.